The first-order valence-electron chi connectivity index (χ1n) is 22.2. The smallest absolute Gasteiger partial charge is 0.0443 e. The van der Waals surface area contributed by atoms with E-state index in [2.05, 4.69) is 55.4 Å². The molecule has 5 unspecified atom stereocenters. The summed E-state index contributed by atoms with van der Waals surface area (Å²) in [6.45, 7) is 19.6. The Morgan fingerprint density at radius 2 is 0.413 bits per heavy atom. The third-order valence-corrected chi connectivity index (χ3v) is 11.6. The van der Waals surface area contributed by atoms with Gasteiger partial charge in [0.25, 0.3) is 0 Å². The van der Waals surface area contributed by atoms with Crippen LogP contribution in [0.2, 0.25) is 0 Å². The SMILES string of the molecule is CCCCCCCCCCCCCCCCCC(C)CCCC(C)CCCC(C)CCCCC(C)CCCC(C)CCCC(C)C. The van der Waals surface area contributed by atoms with Gasteiger partial charge in [0.2, 0.25) is 0 Å². The lowest BCUT2D eigenvalue weighted by atomic mass is 9.89. The van der Waals surface area contributed by atoms with Crippen LogP contribution in [0.4, 0.5) is 0 Å². The number of hydrogen-bond donors (Lipinski definition) is 0. The number of hydrogen-bond acceptors (Lipinski definition) is 0. The first kappa shape index (κ1) is 46.0. The Morgan fingerprint density at radius 1 is 0.217 bits per heavy atom. The van der Waals surface area contributed by atoms with Gasteiger partial charge in [-0.15, -0.1) is 0 Å². The van der Waals surface area contributed by atoms with Crippen LogP contribution in [-0.4, -0.2) is 0 Å². The molecule has 0 nitrogen and oxygen atoms in total. The van der Waals surface area contributed by atoms with Gasteiger partial charge in [0.1, 0.15) is 0 Å². The Morgan fingerprint density at radius 3 is 0.674 bits per heavy atom. The molecular weight excluding hydrogens is 553 g/mol. The van der Waals surface area contributed by atoms with Crippen LogP contribution in [0.25, 0.3) is 0 Å². The van der Waals surface area contributed by atoms with Crippen LogP contribution in [0.3, 0.4) is 0 Å². The molecule has 46 heavy (non-hydrogen) atoms. The average Bonchev–Trinajstić information content (AvgIpc) is 3.01. The van der Waals surface area contributed by atoms with Crippen LogP contribution in [0.15, 0.2) is 0 Å². The number of unbranched alkanes of at least 4 members (excludes halogenated alkanes) is 15. The van der Waals surface area contributed by atoms with E-state index in [0.29, 0.717) is 0 Å². The summed E-state index contributed by atoms with van der Waals surface area (Å²) in [4.78, 5) is 0. The largest absolute Gasteiger partial charge is 0.0654 e. The highest BCUT2D eigenvalue weighted by Gasteiger charge is 2.10. The van der Waals surface area contributed by atoms with E-state index in [1.54, 1.807) is 0 Å². The van der Waals surface area contributed by atoms with Crippen molar-refractivity contribution < 1.29 is 0 Å². The molecule has 0 aromatic heterocycles. The molecule has 0 aromatic carbocycles. The highest BCUT2D eigenvalue weighted by molar-refractivity contribution is 4.63. The summed E-state index contributed by atoms with van der Waals surface area (Å²) >= 11 is 0. The molecule has 0 aliphatic heterocycles. The third kappa shape index (κ3) is 35.3. The van der Waals surface area contributed by atoms with Crippen LogP contribution in [0.1, 0.15) is 261 Å². The van der Waals surface area contributed by atoms with Crippen molar-refractivity contribution in [2.75, 3.05) is 0 Å². The Bertz CT molecular complexity index is 562. The van der Waals surface area contributed by atoms with E-state index >= 15 is 0 Å². The molecule has 0 saturated carbocycles. The van der Waals surface area contributed by atoms with Gasteiger partial charge in [0.05, 0.1) is 0 Å². The molecule has 0 heterocycles. The predicted molar refractivity (Wildman–Crippen MR) is 214 cm³/mol. The zero-order chi connectivity index (χ0) is 34.1. The monoisotopic (exact) mass is 647 g/mol. The molecule has 0 aromatic rings. The zero-order valence-electron chi connectivity index (χ0n) is 34.1. The lowest BCUT2D eigenvalue weighted by molar-refractivity contribution is 0.364. The molecular formula is C46H94. The van der Waals surface area contributed by atoms with Crippen molar-refractivity contribution in [1.29, 1.82) is 0 Å². The fraction of sp³-hybridized carbons (Fsp3) is 1.00. The van der Waals surface area contributed by atoms with Gasteiger partial charge in [-0.2, -0.15) is 0 Å². The van der Waals surface area contributed by atoms with Crippen molar-refractivity contribution in [1.82, 2.24) is 0 Å². The normalized spacial score (nSPS) is 15.3. The van der Waals surface area contributed by atoms with Crippen molar-refractivity contribution in [3.8, 4) is 0 Å². The molecule has 5 atom stereocenters. The first-order chi connectivity index (χ1) is 22.2. The van der Waals surface area contributed by atoms with Crippen LogP contribution in [0.5, 0.6) is 0 Å². The summed E-state index contributed by atoms with van der Waals surface area (Å²) in [5.74, 6) is 5.56. The maximum absolute atomic E-state index is 2.53. The molecule has 0 rings (SSSR count). The van der Waals surface area contributed by atoms with Crippen molar-refractivity contribution >= 4 is 0 Å². The van der Waals surface area contributed by atoms with Crippen molar-refractivity contribution in [3.05, 3.63) is 0 Å². The Kier molecular flexibility index (Phi) is 34.8. The second-order valence-electron chi connectivity index (χ2n) is 17.7. The highest BCUT2D eigenvalue weighted by atomic mass is 14.2. The van der Waals surface area contributed by atoms with Gasteiger partial charge in [-0.3, -0.25) is 0 Å². The topological polar surface area (TPSA) is 0 Å². The molecule has 0 aliphatic carbocycles. The molecule has 0 amide bonds. The van der Waals surface area contributed by atoms with Gasteiger partial charge in [0, 0.05) is 0 Å². The lowest BCUT2D eigenvalue weighted by Crippen LogP contribution is -2.02. The third-order valence-electron chi connectivity index (χ3n) is 11.6. The summed E-state index contributed by atoms with van der Waals surface area (Å²) in [6.07, 6.45) is 46.8. The molecule has 0 aliphatic rings. The van der Waals surface area contributed by atoms with Gasteiger partial charge >= 0.3 is 0 Å². The van der Waals surface area contributed by atoms with Crippen LogP contribution in [-0.2, 0) is 0 Å². The van der Waals surface area contributed by atoms with Crippen LogP contribution in [0, 0.1) is 35.5 Å². The molecule has 0 radical (unpaired) electrons. The maximum atomic E-state index is 2.53. The van der Waals surface area contributed by atoms with Gasteiger partial charge in [-0.1, -0.05) is 261 Å². The van der Waals surface area contributed by atoms with Gasteiger partial charge < -0.3 is 0 Å². The second kappa shape index (κ2) is 34.8. The Labute approximate surface area is 295 Å². The molecule has 0 spiro atoms. The van der Waals surface area contributed by atoms with E-state index in [9.17, 15) is 0 Å². The van der Waals surface area contributed by atoms with E-state index in [4.69, 9.17) is 0 Å². The van der Waals surface area contributed by atoms with Gasteiger partial charge in [-0.05, 0) is 35.5 Å². The summed E-state index contributed by atoms with van der Waals surface area (Å²) in [5, 5.41) is 0. The first-order valence-corrected chi connectivity index (χ1v) is 22.2. The highest BCUT2D eigenvalue weighted by Crippen LogP contribution is 2.25. The van der Waals surface area contributed by atoms with Crippen LogP contribution < -0.4 is 0 Å². The van der Waals surface area contributed by atoms with Gasteiger partial charge in [0.15, 0.2) is 0 Å². The predicted octanol–water partition coefficient (Wildman–Crippen LogP) is 17.3. The lowest BCUT2D eigenvalue weighted by Gasteiger charge is -2.17. The average molecular weight is 647 g/mol. The minimum absolute atomic E-state index is 0.876. The minimum atomic E-state index is 0.876. The molecule has 278 valence electrons. The van der Waals surface area contributed by atoms with Gasteiger partial charge in [-0.25, -0.2) is 0 Å². The quantitative estimate of drug-likeness (QED) is 0.0589. The maximum Gasteiger partial charge on any atom is -0.0443 e. The summed E-state index contributed by atoms with van der Waals surface area (Å²) in [7, 11) is 0. The Balaban J connectivity index is 3.49. The molecule has 0 bridgehead atoms. The fourth-order valence-corrected chi connectivity index (χ4v) is 7.89. The van der Waals surface area contributed by atoms with Crippen molar-refractivity contribution in [2.45, 2.75) is 261 Å². The standard InChI is InChI=1S/C46H94/c1-9-10-11-12-13-14-15-16-17-18-19-20-21-22-23-31-42(4)35-27-39-46(8)40-29-37-44(6)33-25-24-32-43(5)36-28-38-45(7)34-26-30-41(2)3/h41-46H,9-40H2,1-8H3. The second-order valence-corrected chi connectivity index (χ2v) is 17.7. The van der Waals surface area contributed by atoms with E-state index in [0.717, 1.165) is 35.5 Å². The Hall–Kier alpha value is 0. The van der Waals surface area contributed by atoms with E-state index in [1.807, 2.05) is 0 Å². The molecule has 0 saturated heterocycles. The number of rotatable bonds is 37. The van der Waals surface area contributed by atoms with Crippen molar-refractivity contribution in [2.24, 2.45) is 35.5 Å². The van der Waals surface area contributed by atoms with Crippen molar-refractivity contribution in [3.63, 3.8) is 0 Å². The minimum Gasteiger partial charge on any atom is -0.0654 e. The zero-order valence-corrected chi connectivity index (χ0v) is 34.1. The summed E-state index contributed by atoms with van der Waals surface area (Å²) < 4.78 is 0. The summed E-state index contributed by atoms with van der Waals surface area (Å²) in [6, 6.07) is 0. The molecule has 0 N–H and O–H groups in total. The fourth-order valence-electron chi connectivity index (χ4n) is 7.89. The van der Waals surface area contributed by atoms with Crippen LogP contribution >= 0.6 is 0 Å². The molecule has 0 heteroatoms. The van der Waals surface area contributed by atoms with E-state index < -0.39 is 0 Å². The van der Waals surface area contributed by atoms with E-state index in [1.165, 1.54) is 205 Å². The molecule has 0 fully saturated rings. The van der Waals surface area contributed by atoms with E-state index in [-0.39, 0.29) is 0 Å². The summed E-state index contributed by atoms with van der Waals surface area (Å²) in [5.41, 5.74) is 0.